The fourth-order valence-electron chi connectivity index (χ4n) is 2.16. The van der Waals surface area contributed by atoms with Gasteiger partial charge < -0.3 is 14.8 Å². The van der Waals surface area contributed by atoms with Crippen molar-refractivity contribution in [3.8, 4) is 5.75 Å². The zero-order valence-corrected chi connectivity index (χ0v) is 14.0. The van der Waals surface area contributed by atoms with Crippen molar-refractivity contribution in [2.75, 3.05) is 20.3 Å². The Balaban J connectivity index is 2.98. The van der Waals surface area contributed by atoms with Crippen LogP contribution in [0.15, 0.2) is 24.3 Å². The fraction of sp³-hybridized carbons (Fsp3) is 0.533. The number of carbonyl (C=O) groups excluding carboxylic acids is 1. The number of methoxy groups -OCH3 is 1. The van der Waals surface area contributed by atoms with Gasteiger partial charge in [0, 0.05) is 6.42 Å². The average molecular weight is 389 g/mol. The van der Waals surface area contributed by atoms with Gasteiger partial charge in [-0.25, -0.2) is 4.79 Å². The number of hydrogen-bond acceptors (Lipinski definition) is 3. The number of benzene rings is 1. The summed E-state index contributed by atoms with van der Waals surface area (Å²) in [5.41, 5.74) is -3.99. The summed E-state index contributed by atoms with van der Waals surface area (Å²) in [5, 5.41) is 0.937. The van der Waals surface area contributed by atoms with Gasteiger partial charge in [0.05, 0.1) is 20.3 Å². The summed E-state index contributed by atoms with van der Waals surface area (Å²) in [6, 6.07) is 6.11. The summed E-state index contributed by atoms with van der Waals surface area (Å²) < 4.78 is 88.7. The number of ether oxygens (including phenoxy) is 2. The van der Waals surface area contributed by atoms with E-state index in [1.165, 1.54) is 38.3 Å². The van der Waals surface area contributed by atoms with Crippen LogP contribution in [-0.2, 0) is 11.2 Å². The number of carbonyl (C=O) groups is 1. The van der Waals surface area contributed by atoms with E-state index in [9.17, 15) is 31.1 Å². The molecule has 0 heterocycles. The van der Waals surface area contributed by atoms with Gasteiger partial charge in [-0.2, -0.15) is 26.3 Å². The number of nitrogens with one attached hydrogen (secondary N) is 1. The van der Waals surface area contributed by atoms with Crippen LogP contribution >= 0.6 is 0 Å². The Morgan fingerprint density at radius 1 is 1.08 bits per heavy atom. The standard InChI is InChI=1S/C15H18F6N2O3/c1-3-26-12(24)23-13(14(16,17)18,15(19,20)21)22-9-8-10-4-6-11(25-2)7-5-10/h4-7,22H,3,8-9H2,1-2H3,(H,23,24)/p+1. The number of alkyl carbamates (subject to hydrolysis) is 1. The number of alkyl halides is 6. The van der Waals surface area contributed by atoms with E-state index < -0.39 is 30.7 Å². The smallest absolute Gasteiger partial charge is 0.475 e. The second kappa shape index (κ2) is 8.47. The Kier molecular flexibility index (Phi) is 7.13. The fourth-order valence-corrected chi connectivity index (χ4v) is 2.16. The van der Waals surface area contributed by atoms with Crippen LogP contribution in [0.2, 0.25) is 0 Å². The van der Waals surface area contributed by atoms with Gasteiger partial charge in [-0.15, -0.1) is 0 Å². The molecule has 148 valence electrons. The van der Waals surface area contributed by atoms with Gasteiger partial charge in [0.15, 0.2) is 0 Å². The van der Waals surface area contributed by atoms with E-state index in [0.717, 1.165) is 5.32 Å². The normalized spacial score (nSPS) is 12.6. The summed E-state index contributed by atoms with van der Waals surface area (Å²) >= 11 is 0. The van der Waals surface area contributed by atoms with Gasteiger partial charge in [0.2, 0.25) is 0 Å². The molecule has 1 rings (SSSR count). The topological polar surface area (TPSA) is 64.2 Å². The maximum absolute atomic E-state index is 13.3. The third-order valence-corrected chi connectivity index (χ3v) is 3.51. The first kappa shape index (κ1) is 21.9. The lowest BCUT2D eigenvalue weighted by molar-refractivity contribution is -0.784. The van der Waals surface area contributed by atoms with Gasteiger partial charge in [0.1, 0.15) is 5.75 Å². The molecule has 3 N–H and O–H groups in total. The summed E-state index contributed by atoms with van der Waals surface area (Å²) in [7, 11) is 1.42. The molecule has 11 heteroatoms. The van der Waals surface area contributed by atoms with Crippen LogP contribution in [0.4, 0.5) is 31.1 Å². The van der Waals surface area contributed by atoms with Gasteiger partial charge in [0.25, 0.3) is 0 Å². The van der Waals surface area contributed by atoms with Gasteiger partial charge in [-0.05, 0) is 24.6 Å². The molecule has 0 fully saturated rings. The predicted octanol–water partition coefficient (Wildman–Crippen LogP) is 2.37. The van der Waals surface area contributed by atoms with Crippen molar-refractivity contribution in [1.82, 2.24) is 5.32 Å². The molecule has 0 radical (unpaired) electrons. The van der Waals surface area contributed by atoms with Crippen LogP contribution in [0.5, 0.6) is 5.75 Å². The summed E-state index contributed by atoms with van der Waals surface area (Å²) in [4.78, 5) is 11.3. The second-order valence-electron chi connectivity index (χ2n) is 5.24. The van der Waals surface area contributed by atoms with Gasteiger partial charge >= 0.3 is 24.1 Å². The Hall–Kier alpha value is -2.17. The predicted molar refractivity (Wildman–Crippen MR) is 78.5 cm³/mol. The van der Waals surface area contributed by atoms with Crippen LogP contribution in [0.25, 0.3) is 0 Å². The molecule has 0 aliphatic rings. The van der Waals surface area contributed by atoms with Crippen molar-refractivity contribution in [2.24, 2.45) is 0 Å². The molecular formula is C15H19F6N2O3+. The average Bonchev–Trinajstić information content (AvgIpc) is 2.52. The number of nitrogens with two attached hydrogens (primary N) is 1. The SMILES string of the molecule is CCOC(=O)NC([NH2+]CCc1ccc(OC)cc1)(C(F)(F)F)C(F)(F)F. The molecule has 0 bridgehead atoms. The minimum atomic E-state index is -5.79. The lowest BCUT2D eigenvalue weighted by Crippen LogP contribution is -3.08. The lowest BCUT2D eigenvalue weighted by atomic mass is 10.1. The molecule has 5 nitrogen and oxygen atoms in total. The van der Waals surface area contributed by atoms with Crippen molar-refractivity contribution in [3.05, 3.63) is 29.8 Å². The summed E-state index contributed by atoms with van der Waals surface area (Å²) in [5.74, 6) is 0.502. The van der Waals surface area contributed by atoms with E-state index >= 15 is 0 Å². The molecule has 1 amide bonds. The van der Waals surface area contributed by atoms with Crippen molar-refractivity contribution < 1.29 is 45.9 Å². The van der Waals surface area contributed by atoms with Gasteiger partial charge in [-0.3, -0.25) is 5.32 Å². The molecule has 0 atom stereocenters. The highest BCUT2D eigenvalue weighted by Gasteiger charge is 2.76. The van der Waals surface area contributed by atoms with Crippen LogP contribution in [0.1, 0.15) is 12.5 Å². The third kappa shape index (κ3) is 5.16. The Morgan fingerprint density at radius 3 is 2.04 bits per heavy atom. The first-order valence-electron chi connectivity index (χ1n) is 7.52. The van der Waals surface area contributed by atoms with Crippen molar-refractivity contribution in [1.29, 1.82) is 0 Å². The van der Waals surface area contributed by atoms with Crippen LogP contribution < -0.4 is 15.4 Å². The Bertz CT molecular complexity index is 573. The van der Waals surface area contributed by atoms with Gasteiger partial charge in [-0.1, -0.05) is 12.1 Å². The van der Waals surface area contributed by atoms with E-state index in [0.29, 0.717) is 11.3 Å². The molecule has 0 saturated heterocycles. The van der Waals surface area contributed by atoms with Crippen molar-refractivity contribution >= 4 is 6.09 Å². The number of amides is 1. The maximum atomic E-state index is 13.3. The van der Waals surface area contributed by atoms with Crippen molar-refractivity contribution in [2.45, 2.75) is 31.4 Å². The third-order valence-electron chi connectivity index (χ3n) is 3.51. The Labute approximate surface area is 145 Å². The Morgan fingerprint density at radius 2 is 1.62 bits per heavy atom. The number of quaternary nitrogens is 1. The first-order valence-corrected chi connectivity index (χ1v) is 7.52. The monoisotopic (exact) mass is 389 g/mol. The summed E-state index contributed by atoms with van der Waals surface area (Å²) in [6.45, 7) is 0.303. The second-order valence-corrected chi connectivity index (χ2v) is 5.24. The number of halogens is 6. The molecule has 0 aliphatic carbocycles. The van der Waals surface area contributed by atoms with Crippen LogP contribution in [0.3, 0.4) is 0 Å². The molecule has 1 aromatic rings. The van der Waals surface area contributed by atoms with Crippen LogP contribution in [0, 0.1) is 0 Å². The molecule has 1 aromatic carbocycles. The molecule has 0 unspecified atom stereocenters. The molecule has 0 saturated carbocycles. The molecule has 0 spiro atoms. The molecule has 0 aromatic heterocycles. The minimum Gasteiger partial charge on any atom is -0.497 e. The highest BCUT2D eigenvalue weighted by atomic mass is 19.4. The van der Waals surface area contributed by atoms with E-state index in [2.05, 4.69) is 4.74 Å². The van der Waals surface area contributed by atoms with Crippen LogP contribution in [-0.4, -0.2) is 44.4 Å². The first-order chi connectivity index (χ1) is 12.0. The molecule has 0 aliphatic heterocycles. The molecular weight excluding hydrogens is 370 g/mol. The highest BCUT2D eigenvalue weighted by molar-refractivity contribution is 5.68. The van der Waals surface area contributed by atoms with Crippen molar-refractivity contribution in [3.63, 3.8) is 0 Å². The van der Waals surface area contributed by atoms with E-state index in [1.807, 2.05) is 0 Å². The van der Waals surface area contributed by atoms with E-state index in [1.54, 1.807) is 0 Å². The zero-order chi connectivity index (χ0) is 20.0. The largest absolute Gasteiger partial charge is 0.497 e. The quantitative estimate of drug-likeness (QED) is 0.556. The maximum Gasteiger partial charge on any atom is 0.475 e. The van der Waals surface area contributed by atoms with E-state index in [4.69, 9.17) is 4.74 Å². The number of hydrogen-bond donors (Lipinski definition) is 2. The molecule has 26 heavy (non-hydrogen) atoms. The number of rotatable bonds is 7. The lowest BCUT2D eigenvalue weighted by Gasteiger charge is -2.34. The summed E-state index contributed by atoms with van der Waals surface area (Å²) in [6.07, 6.45) is -13.5. The zero-order valence-electron chi connectivity index (χ0n) is 14.0. The minimum absolute atomic E-state index is 0.00809. The van der Waals surface area contributed by atoms with E-state index in [-0.39, 0.29) is 18.3 Å². The highest BCUT2D eigenvalue weighted by Crippen LogP contribution is 2.38.